The minimum absolute atomic E-state index is 0.0208. The molecule has 0 spiro atoms. The summed E-state index contributed by atoms with van der Waals surface area (Å²) in [7, 11) is -3.76. The molecule has 0 bridgehead atoms. The van der Waals surface area contributed by atoms with E-state index in [1.807, 2.05) is 0 Å². The molecule has 128 valence electrons. The fourth-order valence-corrected chi connectivity index (χ4v) is 3.47. The Kier molecular flexibility index (Phi) is 5.58. The van der Waals surface area contributed by atoms with Crippen molar-refractivity contribution in [2.24, 2.45) is 0 Å². The molecule has 5 nitrogen and oxygen atoms in total. The summed E-state index contributed by atoms with van der Waals surface area (Å²) in [6.45, 7) is 3.37. The number of anilines is 1. The van der Waals surface area contributed by atoms with Crippen molar-refractivity contribution in [3.63, 3.8) is 0 Å². The Morgan fingerprint density at radius 3 is 2.50 bits per heavy atom. The predicted octanol–water partition coefficient (Wildman–Crippen LogP) is 3.42. The van der Waals surface area contributed by atoms with E-state index in [4.69, 9.17) is 11.6 Å². The van der Waals surface area contributed by atoms with Gasteiger partial charge in [0.05, 0.1) is 15.5 Å². The summed E-state index contributed by atoms with van der Waals surface area (Å²) in [6, 6.07) is 8.87. The lowest BCUT2D eigenvalue weighted by molar-refractivity contribution is 0.102. The van der Waals surface area contributed by atoms with Crippen LogP contribution in [0.4, 0.5) is 10.1 Å². The highest BCUT2D eigenvalue weighted by Crippen LogP contribution is 2.22. The summed E-state index contributed by atoms with van der Waals surface area (Å²) in [5.41, 5.74) is 0.220. The van der Waals surface area contributed by atoms with Gasteiger partial charge in [-0.05, 0) is 50.2 Å². The Bertz CT molecular complexity index is 869. The average molecular weight is 371 g/mol. The number of carbonyl (C=O) groups is 1. The Labute approximate surface area is 144 Å². The van der Waals surface area contributed by atoms with Crippen molar-refractivity contribution in [3.05, 3.63) is 58.9 Å². The van der Waals surface area contributed by atoms with Gasteiger partial charge in [0.1, 0.15) is 5.82 Å². The van der Waals surface area contributed by atoms with E-state index in [-0.39, 0.29) is 27.2 Å². The molecule has 0 aromatic heterocycles. The smallest absolute Gasteiger partial charge is 0.257 e. The van der Waals surface area contributed by atoms with Gasteiger partial charge in [0, 0.05) is 11.7 Å². The van der Waals surface area contributed by atoms with Crippen molar-refractivity contribution in [3.8, 4) is 0 Å². The van der Waals surface area contributed by atoms with Crippen molar-refractivity contribution in [2.45, 2.75) is 24.8 Å². The predicted molar refractivity (Wildman–Crippen MR) is 91.3 cm³/mol. The molecule has 2 N–H and O–H groups in total. The van der Waals surface area contributed by atoms with Crippen LogP contribution in [-0.2, 0) is 10.0 Å². The highest BCUT2D eigenvalue weighted by molar-refractivity contribution is 7.89. The van der Waals surface area contributed by atoms with Gasteiger partial charge in [-0.3, -0.25) is 4.79 Å². The molecule has 2 rings (SSSR count). The molecule has 0 unspecified atom stereocenters. The van der Waals surface area contributed by atoms with Gasteiger partial charge in [-0.1, -0.05) is 17.7 Å². The normalized spacial score (nSPS) is 11.5. The standard InChI is InChI=1S/C16H16ClFN2O3S/c1-10(2)20-24(22,23)13-6-7-15(17)14(9-13)16(21)19-12-5-3-4-11(18)8-12/h3-10,20H,1-2H3,(H,19,21). The SMILES string of the molecule is CC(C)NS(=O)(=O)c1ccc(Cl)c(C(=O)Nc2cccc(F)c2)c1. The lowest BCUT2D eigenvalue weighted by Gasteiger charge is -2.12. The summed E-state index contributed by atoms with van der Waals surface area (Å²) in [5, 5.41) is 2.57. The van der Waals surface area contributed by atoms with Crippen LogP contribution >= 0.6 is 11.6 Å². The maximum absolute atomic E-state index is 13.2. The molecule has 0 saturated carbocycles. The monoisotopic (exact) mass is 370 g/mol. The first-order valence-electron chi connectivity index (χ1n) is 7.08. The van der Waals surface area contributed by atoms with Gasteiger partial charge >= 0.3 is 0 Å². The van der Waals surface area contributed by atoms with E-state index in [9.17, 15) is 17.6 Å². The molecule has 8 heteroatoms. The first-order chi connectivity index (χ1) is 11.2. The number of hydrogen-bond donors (Lipinski definition) is 2. The van der Waals surface area contributed by atoms with Gasteiger partial charge < -0.3 is 5.32 Å². The molecule has 24 heavy (non-hydrogen) atoms. The zero-order chi connectivity index (χ0) is 17.9. The van der Waals surface area contributed by atoms with Crippen LogP contribution in [0.1, 0.15) is 24.2 Å². The molecule has 2 aromatic carbocycles. The van der Waals surface area contributed by atoms with Crippen molar-refractivity contribution in [2.75, 3.05) is 5.32 Å². The summed E-state index contributed by atoms with van der Waals surface area (Å²) < 4.78 is 40.0. The summed E-state index contributed by atoms with van der Waals surface area (Å²) in [6.07, 6.45) is 0. The fourth-order valence-electron chi connectivity index (χ4n) is 1.99. The van der Waals surface area contributed by atoms with Gasteiger partial charge in [0.2, 0.25) is 10.0 Å². The molecule has 0 atom stereocenters. The Balaban J connectivity index is 2.33. The maximum Gasteiger partial charge on any atom is 0.257 e. The zero-order valence-corrected chi connectivity index (χ0v) is 14.6. The minimum atomic E-state index is -3.76. The molecule has 0 aliphatic heterocycles. The van der Waals surface area contributed by atoms with E-state index in [0.717, 1.165) is 6.07 Å². The Hall–Kier alpha value is -1.96. The summed E-state index contributed by atoms with van der Waals surface area (Å²) in [5.74, 6) is -1.14. The van der Waals surface area contributed by atoms with Gasteiger partial charge in [0.25, 0.3) is 5.91 Å². The molecule has 0 radical (unpaired) electrons. The third-order valence-corrected chi connectivity index (χ3v) is 4.95. The van der Waals surface area contributed by atoms with Crippen LogP contribution in [-0.4, -0.2) is 20.4 Å². The largest absolute Gasteiger partial charge is 0.322 e. The van der Waals surface area contributed by atoms with E-state index >= 15 is 0 Å². The van der Waals surface area contributed by atoms with Crippen LogP contribution in [0.15, 0.2) is 47.4 Å². The molecule has 0 aliphatic carbocycles. The number of halogens is 2. The number of hydrogen-bond acceptors (Lipinski definition) is 3. The molecular weight excluding hydrogens is 355 g/mol. The van der Waals surface area contributed by atoms with Crippen molar-refractivity contribution < 1.29 is 17.6 Å². The average Bonchev–Trinajstić information content (AvgIpc) is 2.46. The highest BCUT2D eigenvalue weighted by Gasteiger charge is 2.19. The van der Waals surface area contributed by atoms with Gasteiger partial charge in [0.15, 0.2) is 0 Å². The van der Waals surface area contributed by atoms with Gasteiger partial charge in [-0.2, -0.15) is 0 Å². The first kappa shape index (κ1) is 18.4. The van der Waals surface area contributed by atoms with Crippen molar-refractivity contribution in [1.82, 2.24) is 4.72 Å². The molecular formula is C16H16ClFN2O3S. The van der Waals surface area contributed by atoms with Crippen LogP contribution < -0.4 is 10.0 Å². The summed E-state index contributed by atoms with van der Waals surface area (Å²) in [4.78, 5) is 12.2. The number of rotatable bonds is 5. The Morgan fingerprint density at radius 2 is 1.88 bits per heavy atom. The molecule has 2 aromatic rings. The zero-order valence-electron chi connectivity index (χ0n) is 13.0. The van der Waals surface area contributed by atoms with Crippen LogP contribution in [0.3, 0.4) is 0 Å². The fraction of sp³-hybridized carbons (Fsp3) is 0.188. The molecule has 0 saturated heterocycles. The van der Waals surface area contributed by atoms with E-state index < -0.39 is 21.7 Å². The highest BCUT2D eigenvalue weighted by atomic mass is 35.5. The maximum atomic E-state index is 13.2. The number of carbonyl (C=O) groups excluding carboxylic acids is 1. The van der Waals surface area contributed by atoms with Crippen LogP contribution in [0.5, 0.6) is 0 Å². The first-order valence-corrected chi connectivity index (χ1v) is 8.94. The number of amides is 1. The molecule has 0 aliphatic rings. The second-order valence-electron chi connectivity index (χ2n) is 5.38. The topological polar surface area (TPSA) is 75.3 Å². The van der Waals surface area contributed by atoms with E-state index in [1.165, 1.54) is 36.4 Å². The van der Waals surface area contributed by atoms with E-state index in [0.29, 0.717) is 0 Å². The quantitative estimate of drug-likeness (QED) is 0.846. The Morgan fingerprint density at radius 1 is 1.17 bits per heavy atom. The second kappa shape index (κ2) is 7.29. The third kappa shape index (κ3) is 4.53. The second-order valence-corrected chi connectivity index (χ2v) is 7.50. The third-order valence-electron chi connectivity index (χ3n) is 2.97. The summed E-state index contributed by atoms with van der Waals surface area (Å²) >= 11 is 5.99. The van der Waals surface area contributed by atoms with Gasteiger partial charge in [-0.25, -0.2) is 17.5 Å². The van der Waals surface area contributed by atoms with Crippen molar-refractivity contribution >= 4 is 33.2 Å². The molecule has 0 heterocycles. The number of nitrogens with one attached hydrogen (secondary N) is 2. The van der Waals surface area contributed by atoms with Crippen molar-refractivity contribution in [1.29, 1.82) is 0 Å². The van der Waals surface area contributed by atoms with Crippen LogP contribution in [0.25, 0.3) is 0 Å². The number of benzene rings is 2. The van der Waals surface area contributed by atoms with Gasteiger partial charge in [-0.15, -0.1) is 0 Å². The number of sulfonamides is 1. The lowest BCUT2D eigenvalue weighted by atomic mass is 10.2. The molecule has 0 fully saturated rings. The van der Waals surface area contributed by atoms with E-state index in [2.05, 4.69) is 10.0 Å². The molecule has 1 amide bonds. The lowest BCUT2D eigenvalue weighted by Crippen LogP contribution is -2.30. The van der Waals surface area contributed by atoms with Crippen LogP contribution in [0, 0.1) is 5.82 Å². The minimum Gasteiger partial charge on any atom is -0.322 e. The van der Waals surface area contributed by atoms with Crippen LogP contribution in [0.2, 0.25) is 5.02 Å². The van der Waals surface area contributed by atoms with E-state index in [1.54, 1.807) is 13.8 Å².